The summed E-state index contributed by atoms with van der Waals surface area (Å²) in [7, 11) is 3.42. The molecule has 19 heavy (non-hydrogen) atoms. The Kier molecular flexibility index (Phi) is 5.17. The van der Waals surface area contributed by atoms with Gasteiger partial charge < -0.3 is 4.90 Å². The molecule has 0 aliphatic carbocycles. The summed E-state index contributed by atoms with van der Waals surface area (Å²) in [5, 5.41) is 4.99. The highest BCUT2D eigenvalue weighted by molar-refractivity contribution is 7.99. The average Bonchev–Trinajstić information content (AvgIpc) is 2.72. The minimum atomic E-state index is -0.175. The minimum Gasteiger partial charge on any atom is -0.329 e. The first-order valence-electron chi connectivity index (χ1n) is 6.20. The van der Waals surface area contributed by atoms with Crippen molar-refractivity contribution >= 4 is 17.8 Å². The zero-order chi connectivity index (χ0) is 14.6. The first kappa shape index (κ1) is 15.8. The molecule has 1 rings (SSSR count). The molecule has 0 aromatic carbocycles. The largest absolute Gasteiger partial charge is 0.346 e. The number of carbonyl (C=O) groups excluding carboxylic acids is 1. The quantitative estimate of drug-likeness (QED) is 0.632. The van der Waals surface area contributed by atoms with Gasteiger partial charge in [-0.25, -0.2) is 9.78 Å². The smallest absolute Gasteiger partial charge is 0.329 e. The van der Waals surface area contributed by atoms with Crippen molar-refractivity contribution in [1.29, 1.82) is 0 Å². The van der Waals surface area contributed by atoms with Crippen LogP contribution in [0.3, 0.4) is 0 Å². The van der Waals surface area contributed by atoms with E-state index in [-0.39, 0.29) is 11.4 Å². The monoisotopic (exact) mass is 282 g/mol. The first-order chi connectivity index (χ1) is 8.77. The number of hydrogen-bond donors (Lipinski definition) is 0. The van der Waals surface area contributed by atoms with Gasteiger partial charge in [0.05, 0.1) is 0 Å². The molecule has 0 radical (unpaired) electrons. The van der Waals surface area contributed by atoms with Crippen LogP contribution in [0.25, 0.3) is 0 Å². The topological polar surface area (TPSA) is 51.0 Å². The predicted molar refractivity (Wildman–Crippen MR) is 78.7 cm³/mol. The number of thioether (sulfide) groups is 1. The summed E-state index contributed by atoms with van der Waals surface area (Å²) in [6.45, 7) is 8.07. The van der Waals surface area contributed by atoms with E-state index in [1.165, 1.54) is 21.3 Å². The molecule has 0 fully saturated rings. The van der Waals surface area contributed by atoms with Crippen molar-refractivity contribution in [2.24, 2.45) is 0 Å². The van der Waals surface area contributed by atoms with Crippen LogP contribution in [0.15, 0.2) is 17.3 Å². The van der Waals surface area contributed by atoms with Gasteiger partial charge in [0.1, 0.15) is 0 Å². The Balaban J connectivity index is 3.11. The first-order valence-corrected chi connectivity index (χ1v) is 7.19. The summed E-state index contributed by atoms with van der Waals surface area (Å²) in [5.41, 5.74) is -0.173. The summed E-state index contributed by atoms with van der Waals surface area (Å²) in [6.07, 6.45) is 4.01. The molecule has 0 atom stereocenters. The van der Waals surface area contributed by atoms with Crippen molar-refractivity contribution in [1.82, 2.24) is 19.7 Å². The third-order valence-corrected chi connectivity index (χ3v) is 3.24. The van der Waals surface area contributed by atoms with E-state index in [4.69, 9.17) is 0 Å². The van der Waals surface area contributed by atoms with Gasteiger partial charge in [-0.1, -0.05) is 44.7 Å². The fraction of sp³-hybridized carbons (Fsp3) is 0.615. The molecule has 1 aromatic heterocycles. The number of allylic oxidation sites excluding steroid dienone is 1. The van der Waals surface area contributed by atoms with Gasteiger partial charge in [0.25, 0.3) is 0 Å². The molecular weight excluding hydrogens is 260 g/mol. The fourth-order valence-corrected chi connectivity index (χ4v) is 2.07. The highest BCUT2D eigenvalue weighted by atomic mass is 32.2. The van der Waals surface area contributed by atoms with Crippen LogP contribution in [-0.2, 0) is 5.41 Å². The lowest BCUT2D eigenvalue weighted by Crippen LogP contribution is -2.29. The number of hydrogen-bond acceptors (Lipinski definition) is 4. The molecular formula is C13H22N4OS. The van der Waals surface area contributed by atoms with E-state index in [2.05, 4.69) is 10.1 Å². The second kappa shape index (κ2) is 6.23. The van der Waals surface area contributed by atoms with Crippen LogP contribution in [-0.4, -0.2) is 45.5 Å². The highest BCUT2D eigenvalue weighted by Gasteiger charge is 2.24. The lowest BCUT2D eigenvalue weighted by Gasteiger charge is -2.13. The summed E-state index contributed by atoms with van der Waals surface area (Å²) in [4.78, 5) is 18.1. The molecule has 1 aromatic rings. The van der Waals surface area contributed by atoms with Crippen LogP contribution in [0.1, 0.15) is 33.5 Å². The van der Waals surface area contributed by atoms with E-state index < -0.39 is 0 Å². The third kappa shape index (κ3) is 4.09. The second-order valence-corrected chi connectivity index (χ2v) is 6.42. The Labute approximate surface area is 119 Å². The number of rotatable bonds is 3. The summed E-state index contributed by atoms with van der Waals surface area (Å²) in [5.74, 6) is 1.46. The molecule has 0 saturated heterocycles. The normalized spacial score (nSPS) is 12.1. The highest BCUT2D eigenvalue weighted by Crippen LogP contribution is 2.23. The van der Waals surface area contributed by atoms with Gasteiger partial charge in [-0.15, -0.1) is 5.10 Å². The second-order valence-electron chi connectivity index (χ2n) is 5.44. The maximum absolute atomic E-state index is 12.1. The molecule has 0 aliphatic heterocycles. The molecule has 0 unspecified atom stereocenters. The van der Waals surface area contributed by atoms with Crippen LogP contribution in [0.4, 0.5) is 4.79 Å². The Bertz CT molecular complexity index is 471. The number of nitrogens with zero attached hydrogens (tertiary/aromatic N) is 4. The van der Waals surface area contributed by atoms with E-state index >= 15 is 0 Å². The van der Waals surface area contributed by atoms with Gasteiger partial charge in [-0.2, -0.15) is 4.68 Å². The molecule has 106 valence electrons. The SMILES string of the molecule is CC=CCSc1nc(C(C)(C)C)nn1C(=O)N(C)C. The fourth-order valence-electron chi connectivity index (χ4n) is 1.24. The van der Waals surface area contributed by atoms with Crippen molar-refractivity contribution in [3.8, 4) is 0 Å². The Hall–Kier alpha value is -1.30. The van der Waals surface area contributed by atoms with Crippen molar-refractivity contribution in [2.45, 2.75) is 38.3 Å². The summed E-state index contributed by atoms with van der Waals surface area (Å²) in [6, 6.07) is -0.175. The van der Waals surface area contributed by atoms with Gasteiger partial charge in [-0.05, 0) is 6.92 Å². The lowest BCUT2D eigenvalue weighted by atomic mass is 9.96. The molecule has 0 bridgehead atoms. The van der Waals surface area contributed by atoms with Gasteiger partial charge in [0, 0.05) is 25.3 Å². The third-order valence-electron chi connectivity index (χ3n) is 2.36. The molecule has 1 heterocycles. The molecule has 6 heteroatoms. The van der Waals surface area contributed by atoms with Gasteiger partial charge in [0.2, 0.25) is 0 Å². The molecule has 5 nitrogen and oxygen atoms in total. The number of amides is 1. The van der Waals surface area contributed by atoms with Crippen LogP contribution in [0, 0.1) is 0 Å². The van der Waals surface area contributed by atoms with E-state index in [0.717, 1.165) is 5.75 Å². The van der Waals surface area contributed by atoms with Crippen LogP contribution in [0.2, 0.25) is 0 Å². The van der Waals surface area contributed by atoms with E-state index in [1.807, 2.05) is 39.8 Å². The van der Waals surface area contributed by atoms with Crippen molar-refractivity contribution in [3.63, 3.8) is 0 Å². The van der Waals surface area contributed by atoms with Crippen molar-refractivity contribution < 1.29 is 4.79 Å². The molecule has 0 saturated carbocycles. The number of aromatic nitrogens is 3. The standard InChI is InChI=1S/C13H22N4OS/c1-7-8-9-19-11-14-10(13(2,3)4)15-17(11)12(18)16(5)6/h7-8H,9H2,1-6H3. The summed E-state index contributed by atoms with van der Waals surface area (Å²) >= 11 is 1.51. The maximum Gasteiger partial charge on any atom is 0.346 e. The van der Waals surface area contributed by atoms with Gasteiger partial charge in [-0.3, -0.25) is 0 Å². The average molecular weight is 282 g/mol. The van der Waals surface area contributed by atoms with E-state index in [0.29, 0.717) is 11.0 Å². The van der Waals surface area contributed by atoms with Crippen LogP contribution >= 0.6 is 11.8 Å². The van der Waals surface area contributed by atoms with Gasteiger partial charge in [0.15, 0.2) is 11.0 Å². The van der Waals surface area contributed by atoms with Gasteiger partial charge >= 0.3 is 6.03 Å². The minimum absolute atomic E-state index is 0.173. The van der Waals surface area contributed by atoms with E-state index in [1.54, 1.807) is 14.1 Å². The predicted octanol–water partition coefficient (Wildman–Crippen LogP) is 2.77. The Morgan fingerprint density at radius 1 is 1.42 bits per heavy atom. The molecule has 0 N–H and O–H groups in total. The van der Waals surface area contributed by atoms with Crippen molar-refractivity contribution in [3.05, 3.63) is 18.0 Å². The van der Waals surface area contributed by atoms with Crippen LogP contribution in [0.5, 0.6) is 0 Å². The zero-order valence-electron chi connectivity index (χ0n) is 12.5. The zero-order valence-corrected chi connectivity index (χ0v) is 13.3. The molecule has 0 aliphatic rings. The van der Waals surface area contributed by atoms with E-state index in [9.17, 15) is 4.79 Å². The van der Waals surface area contributed by atoms with Crippen LogP contribution < -0.4 is 0 Å². The molecule has 1 amide bonds. The Morgan fingerprint density at radius 3 is 2.53 bits per heavy atom. The number of carbonyl (C=O) groups is 1. The summed E-state index contributed by atoms with van der Waals surface area (Å²) < 4.78 is 1.38. The maximum atomic E-state index is 12.1. The Morgan fingerprint density at radius 2 is 2.05 bits per heavy atom. The molecule has 0 spiro atoms. The lowest BCUT2D eigenvalue weighted by molar-refractivity contribution is 0.213. The van der Waals surface area contributed by atoms with Crippen molar-refractivity contribution in [2.75, 3.05) is 19.8 Å².